The second-order valence-electron chi connectivity index (χ2n) is 7.83. The average Bonchev–Trinajstić information content (AvgIpc) is 3.41. The van der Waals surface area contributed by atoms with Crippen LogP contribution in [-0.4, -0.2) is 31.5 Å². The smallest absolute Gasteiger partial charge is 0.235 e. The Morgan fingerprint density at radius 3 is 2.72 bits per heavy atom. The Kier molecular flexibility index (Phi) is 4.94. The van der Waals surface area contributed by atoms with Gasteiger partial charge in [-0.3, -0.25) is 9.78 Å². The SMILES string of the molecule is Cc1cc(-c2ccc(NC(=O)C3(c4cccc(Cl)c4F)CC3)cc2-c2nnn[nH]2)ccn1. The molecule has 0 aliphatic heterocycles. The molecule has 0 spiro atoms. The molecule has 2 aromatic carbocycles. The maximum Gasteiger partial charge on any atom is 0.235 e. The molecule has 1 aliphatic rings. The van der Waals surface area contributed by atoms with Crippen LogP contribution in [0.3, 0.4) is 0 Å². The van der Waals surface area contributed by atoms with E-state index in [1.165, 1.54) is 6.07 Å². The Hall–Kier alpha value is -3.65. The van der Waals surface area contributed by atoms with Gasteiger partial charge in [-0.25, -0.2) is 9.49 Å². The summed E-state index contributed by atoms with van der Waals surface area (Å²) in [5.74, 6) is -0.348. The largest absolute Gasteiger partial charge is 0.325 e. The molecular weight excluding hydrogens is 431 g/mol. The highest BCUT2D eigenvalue weighted by atomic mass is 35.5. The quantitative estimate of drug-likeness (QED) is 0.461. The summed E-state index contributed by atoms with van der Waals surface area (Å²) in [4.78, 5) is 17.4. The molecule has 1 fully saturated rings. The van der Waals surface area contributed by atoms with Crippen LogP contribution in [0.5, 0.6) is 0 Å². The molecule has 9 heteroatoms. The van der Waals surface area contributed by atoms with Gasteiger partial charge in [0.25, 0.3) is 0 Å². The molecule has 1 saturated carbocycles. The predicted octanol–water partition coefficient (Wildman–Crippen LogP) is 4.70. The van der Waals surface area contributed by atoms with Crippen molar-refractivity contribution in [2.24, 2.45) is 0 Å². The Balaban J connectivity index is 1.50. The van der Waals surface area contributed by atoms with Crippen molar-refractivity contribution in [3.63, 3.8) is 0 Å². The Bertz CT molecular complexity index is 1320. The molecule has 2 heterocycles. The van der Waals surface area contributed by atoms with Crippen LogP contribution in [-0.2, 0) is 10.2 Å². The Labute approximate surface area is 188 Å². The second-order valence-corrected chi connectivity index (χ2v) is 8.24. The normalized spacial score (nSPS) is 14.2. The lowest BCUT2D eigenvalue weighted by Crippen LogP contribution is -2.28. The highest BCUT2D eigenvalue weighted by molar-refractivity contribution is 6.30. The van der Waals surface area contributed by atoms with Gasteiger partial charge in [0.05, 0.1) is 10.4 Å². The first-order valence-electron chi connectivity index (χ1n) is 10.0. The number of carbonyl (C=O) groups is 1. The van der Waals surface area contributed by atoms with Gasteiger partial charge in [-0.1, -0.05) is 29.8 Å². The average molecular weight is 449 g/mol. The zero-order chi connectivity index (χ0) is 22.3. The summed E-state index contributed by atoms with van der Waals surface area (Å²) in [6.07, 6.45) is 2.85. The van der Waals surface area contributed by atoms with Crippen molar-refractivity contribution < 1.29 is 9.18 Å². The molecule has 5 rings (SSSR count). The van der Waals surface area contributed by atoms with Crippen LogP contribution < -0.4 is 5.32 Å². The summed E-state index contributed by atoms with van der Waals surface area (Å²) in [5, 5.41) is 17.1. The molecule has 2 N–H and O–H groups in total. The Morgan fingerprint density at radius 1 is 1.16 bits per heavy atom. The molecule has 32 heavy (non-hydrogen) atoms. The number of H-pyrrole nitrogens is 1. The number of aryl methyl sites for hydroxylation is 1. The van der Waals surface area contributed by atoms with Crippen molar-refractivity contribution in [2.45, 2.75) is 25.2 Å². The zero-order valence-corrected chi connectivity index (χ0v) is 17.8. The van der Waals surface area contributed by atoms with E-state index < -0.39 is 11.2 Å². The highest BCUT2D eigenvalue weighted by Crippen LogP contribution is 2.50. The first-order chi connectivity index (χ1) is 15.5. The summed E-state index contributed by atoms with van der Waals surface area (Å²) in [5.41, 5.74) is 3.40. The molecule has 1 aliphatic carbocycles. The van der Waals surface area contributed by atoms with E-state index in [1.807, 2.05) is 25.1 Å². The fourth-order valence-corrected chi connectivity index (χ4v) is 4.10. The molecule has 0 unspecified atom stereocenters. The van der Waals surface area contributed by atoms with E-state index in [4.69, 9.17) is 11.6 Å². The Morgan fingerprint density at radius 2 is 2.00 bits per heavy atom. The van der Waals surface area contributed by atoms with E-state index >= 15 is 0 Å². The van der Waals surface area contributed by atoms with Crippen LogP contribution in [0.15, 0.2) is 54.7 Å². The van der Waals surface area contributed by atoms with Crippen molar-refractivity contribution in [1.29, 1.82) is 0 Å². The number of nitrogens with zero attached hydrogens (tertiary/aromatic N) is 4. The molecule has 0 radical (unpaired) electrons. The molecule has 160 valence electrons. The molecule has 2 aromatic heterocycles. The van der Waals surface area contributed by atoms with E-state index in [1.54, 1.807) is 30.5 Å². The second kappa shape index (κ2) is 7.80. The molecule has 4 aromatic rings. The summed E-state index contributed by atoms with van der Waals surface area (Å²) in [6, 6.07) is 14.1. The molecule has 0 bridgehead atoms. The van der Waals surface area contributed by atoms with Crippen LogP contribution in [0.1, 0.15) is 24.1 Å². The number of anilines is 1. The number of pyridine rings is 1. The molecule has 0 saturated heterocycles. The van der Waals surface area contributed by atoms with E-state index in [0.29, 0.717) is 29.9 Å². The van der Waals surface area contributed by atoms with Crippen LogP contribution in [0.4, 0.5) is 10.1 Å². The molecule has 7 nitrogen and oxygen atoms in total. The van der Waals surface area contributed by atoms with Crippen LogP contribution in [0.2, 0.25) is 5.02 Å². The van der Waals surface area contributed by atoms with Crippen LogP contribution in [0, 0.1) is 12.7 Å². The van der Waals surface area contributed by atoms with Crippen molar-refractivity contribution >= 4 is 23.2 Å². The van der Waals surface area contributed by atoms with Crippen molar-refractivity contribution in [3.8, 4) is 22.5 Å². The first-order valence-corrected chi connectivity index (χ1v) is 10.4. The summed E-state index contributed by atoms with van der Waals surface area (Å²) < 4.78 is 14.6. The monoisotopic (exact) mass is 448 g/mol. The standard InChI is InChI=1S/C23H18ClFN6O/c1-13-11-14(7-10-26-13)16-6-5-15(12-17(16)21-28-30-31-29-21)27-22(32)23(8-9-23)18-3-2-4-19(24)20(18)25/h2-7,10-12H,8-9H2,1H3,(H,27,32)(H,28,29,30,31). The fourth-order valence-electron chi connectivity index (χ4n) is 3.92. The number of hydrogen-bond donors (Lipinski definition) is 2. The van der Waals surface area contributed by atoms with Gasteiger partial charge in [-0.15, -0.1) is 5.10 Å². The number of nitrogens with one attached hydrogen (secondary N) is 2. The van der Waals surface area contributed by atoms with Gasteiger partial charge in [0.2, 0.25) is 5.91 Å². The third-order valence-corrected chi connectivity index (χ3v) is 6.03. The van der Waals surface area contributed by atoms with Crippen molar-refractivity contribution in [3.05, 3.63) is 76.8 Å². The first kappa shape index (κ1) is 20.3. The third-order valence-electron chi connectivity index (χ3n) is 5.74. The van der Waals surface area contributed by atoms with Gasteiger partial charge in [-0.05, 0) is 71.7 Å². The lowest BCUT2D eigenvalue weighted by atomic mass is 9.94. The van der Waals surface area contributed by atoms with Crippen LogP contribution >= 0.6 is 11.6 Å². The van der Waals surface area contributed by atoms with Crippen molar-refractivity contribution in [2.75, 3.05) is 5.32 Å². The summed E-state index contributed by atoms with van der Waals surface area (Å²) in [7, 11) is 0. The van der Waals surface area contributed by atoms with Gasteiger partial charge in [0.15, 0.2) is 5.82 Å². The van der Waals surface area contributed by atoms with Gasteiger partial charge in [0.1, 0.15) is 5.82 Å². The number of tetrazole rings is 1. The van der Waals surface area contributed by atoms with E-state index in [9.17, 15) is 9.18 Å². The van der Waals surface area contributed by atoms with E-state index in [2.05, 4.69) is 30.9 Å². The number of carbonyl (C=O) groups excluding carboxylic acids is 1. The van der Waals surface area contributed by atoms with Gasteiger partial charge in [0, 0.05) is 28.7 Å². The van der Waals surface area contributed by atoms with Gasteiger partial charge in [-0.2, -0.15) is 0 Å². The summed E-state index contributed by atoms with van der Waals surface area (Å²) >= 11 is 5.94. The minimum atomic E-state index is -0.913. The molecule has 0 atom stereocenters. The highest BCUT2D eigenvalue weighted by Gasteiger charge is 2.53. The number of aromatic amines is 1. The summed E-state index contributed by atoms with van der Waals surface area (Å²) in [6.45, 7) is 1.91. The van der Waals surface area contributed by atoms with Crippen LogP contribution in [0.25, 0.3) is 22.5 Å². The zero-order valence-electron chi connectivity index (χ0n) is 17.1. The fraction of sp³-hybridized carbons (Fsp3) is 0.174. The third kappa shape index (κ3) is 3.52. The maximum atomic E-state index is 14.6. The number of benzene rings is 2. The number of halogens is 2. The van der Waals surface area contributed by atoms with Gasteiger partial charge >= 0.3 is 0 Å². The number of amides is 1. The minimum Gasteiger partial charge on any atom is -0.325 e. The predicted molar refractivity (Wildman–Crippen MR) is 119 cm³/mol. The number of aromatic nitrogens is 5. The minimum absolute atomic E-state index is 0.0127. The van der Waals surface area contributed by atoms with E-state index in [-0.39, 0.29) is 10.9 Å². The number of hydrogen-bond acceptors (Lipinski definition) is 5. The molecular formula is C23H18ClFN6O. The topological polar surface area (TPSA) is 96.5 Å². The molecule has 1 amide bonds. The maximum absolute atomic E-state index is 14.6. The lowest BCUT2D eigenvalue weighted by molar-refractivity contribution is -0.118. The van der Waals surface area contributed by atoms with E-state index in [0.717, 1.165) is 22.4 Å². The number of rotatable bonds is 5. The van der Waals surface area contributed by atoms with Crippen molar-refractivity contribution in [1.82, 2.24) is 25.6 Å². The lowest BCUT2D eigenvalue weighted by Gasteiger charge is -2.18. The van der Waals surface area contributed by atoms with Gasteiger partial charge < -0.3 is 5.32 Å².